The Morgan fingerprint density at radius 2 is 1.96 bits per heavy atom. The lowest BCUT2D eigenvalue weighted by molar-refractivity contribution is 0.368. The third-order valence-electron chi connectivity index (χ3n) is 3.65. The van der Waals surface area contributed by atoms with E-state index in [0.29, 0.717) is 18.3 Å². The molecule has 2 heterocycles. The number of aryl methyl sites for hydroxylation is 3. The molecule has 0 aromatic carbocycles. The van der Waals surface area contributed by atoms with Crippen molar-refractivity contribution >= 4 is 5.96 Å². The number of hydrogen-bond acceptors (Lipinski definition) is 6. The molecular weight excluding hydrogens is 320 g/mol. The molecule has 0 bridgehead atoms. The van der Waals surface area contributed by atoms with Gasteiger partial charge in [-0.05, 0) is 27.2 Å². The molecule has 0 amide bonds. The molecule has 0 atom stereocenters. The van der Waals surface area contributed by atoms with Crippen LogP contribution in [0.4, 0.5) is 0 Å². The average molecular weight is 348 g/mol. The number of guanidine groups is 1. The monoisotopic (exact) mass is 348 g/mol. The van der Waals surface area contributed by atoms with Gasteiger partial charge in [0.1, 0.15) is 12.3 Å². The summed E-state index contributed by atoms with van der Waals surface area (Å²) < 4.78 is 10.8. The number of aromatic nitrogens is 3. The molecule has 2 rings (SSSR count). The Labute approximate surface area is 148 Å². The van der Waals surface area contributed by atoms with Gasteiger partial charge in [-0.3, -0.25) is 0 Å². The van der Waals surface area contributed by atoms with Crippen LogP contribution in [0.2, 0.25) is 0 Å². The van der Waals surface area contributed by atoms with Crippen molar-refractivity contribution in [1.29, 1.82) is 0 Å². The van der Waals surface area contributed by atoms with Gasteiger partial charge in [-0.1, -0.05) is 19.0 Å². The van der Waals surface area contributed by atoms with Crippen molar-refractivity contribution in [1.82, 2.24) is 25.8 Å². The van der Waals surface area contributed by atoms with Crippen LogP contribution in [-0.4, -0.2) is 34.2 Å². The summed E-state index contributed by atoms with van der Waals surface area (Å²) in [5, 5.41) is 10.5. The molecule has 8 nitrogen and oxygen atoms in total. The Kier molecular flexibility index (Phi) is 6.97. The molecule has 0 aliphatic rings. The second kappa shape index (κ2) is 9.19. The summed E-state index contributed by atoms with van der Waals surface area (Å²) in [6.07, 6.45) is 1.62. The lowest BCUT2D eigenvalue weighted by atomic mass is 10.2. The second-order valence-electron chi connectivity index (χ2n) is 6.18. The van der Waals surface area contributed by atoms with E-state index in [1.165, 1.54) is 0 Å². The summed E-state index contributed by atoms with van der Waals surface area (Å²) in [5.74, 6) is 3.92. The third-order valence-corrected chi connectivity index (χ3v) is 3.65. The fraction of sp³-hybridized carbons (Fsp3) is 0.647. The summed E-state index contributed by atoms with van der Waals surface area (Å²) >= 11 is 0. The molecule has 2 N–H and O–H groups in total. The SMILES string of the molecule is CCNC(=NCc1nc(C)c(C)o1)NCCCc1nc(C(C)C)no1. The number of hydrogen-bond donors (Lipinski definition) is 2. The molecule has 0 spiro atoms. The Balaban J connectivity index is 1.79. The van der Waals surface area contributed by atoms with Crippen LogP contribution < -0.4 is 10.6 Å². The van der Waals surface area contributed by atoms with Crippen LogP contribution in [-0.2, 0) is 13.0 Å². The van der Waals surface area contributed by atoms with E-state index in [9.17, 15) is 0 Å². The first-order valence-corrected chi connectivity index (χ1v) is 8.77. The third kappa shape index (κ3) is 5.88. The number of nitrogens with one attached hydrogen (secondary N) is 2. The largest absolute Gasteiger partial charge is 0.444 e. The zero-order valence-corrected chi connectivity index (χ0v) is 15.7. The summed E-state index contributed by atoms with van der Waals surface area (Å²) in [4.78, 5) is 13.2. The summed E-state index contributed by atoms with van der Waals surface area (Å²) in [6, 6.07) is 0. The molecule has 0 aliphatic carbocycles. The molecule has 0 unspecified atom stereocenters. The van der Waals surface area contributed by atoms with Gasteiger partial charge in [-0.2, -0.15) is 4.98 Å². The van der Waals surface area contributed by atoms with Crippen LogP contribution in [0.25, 0.3) is 0 Å². The lowest BCUT2D eigenvalue weighted by Crippen LogP contribution is -2.37. The van der Waals surface area contributed by atoms with Gasteiger partial charge < -0.3 is 19.6 Å². The summed E-state index contributed by atoms with van der Waals surface area (Å²) in [5.41, 5.74) is 0.906. The molecule has 0 saturated carbocycles. The van der Waals surface area contributed by atoms with Crippen LogP contribution >= 0.6 is 0 Å². The van der Waals surface area contributed by atoms with Crippen molar-refractivity contribution in [2.75, 3.05) is 13.1 Å². The highest BCUT2D eigenvalue weighted by atomic mass is 16.5. The first kappa shape index (κ1) is 19.0. The first-order valence-electron chi connectivity index (χ1n) is 8.77. The molecule has 0 aliphatic heterocycles. The molecule has 0 radical (unpaired) electrons. The van der Waals surface area contributed by atoms with Crippen molar-refractivity contribution in [2.24, 2.45) is 4.99 Å². The standard InChI is InChI=1S/C17H28N6O2/c1-6-18-17(20-10-15-21-12(4)13(5)24-15)19-9-7-8-14-22-16(11(2)3)23-25-14/h11H,6-10H2,1-5H3,(H2,18,19,20). The van der Waals surface area contributed by atoms with Crippen LogP contribution in [0.15, 0.2) is 13.9 Å². The van der Waals surface area contributed by atoms with Crippen molar-refractivity contribution in [3.8, 4) is 0 Å². The van der Waals surface area contributed by atoms with Gasteiger partial charge in [-0.15, -0.1) is 0 Å². The van der Waals surface area contributed by atoms with E-state index in [1.807, 2.05) is 34.6 Å². The van der Waals surface area contributed by atoms with Gasteiger partial charge in [0, 0.05) is 25.4 Å². The van der Waals surface area contributed by atoms with Crippen LogP contribution in [0.5, 0.6) is 0 Å². The van der Waals surface area contributed by atoms with Gasteiger partial charge in [0.15, 0.2) is 11.8 Å². The maximum absolute atomic E-state index is 5.55. The maximum atomic E-state index is 5.55. The molecule has 138 valence electrons. The molecule has 0 saturated heterocycles. The first-order chi connectivity index (χ1) is 12.0. The highest BCUT2D eigenvalue weighted by molar-refractivity contribution is 5.79. The van der Waals surface area contributed by atoms with Crippen molar-refractivity contribution in [2.45, 2.75) is 59.9 Å². The van der Waals surface area contributed by atoms with E-state index in [4.69, 9.17) is 8.94 Å². The Bertz CT molecular complexity index is 670. The van der Waals surface area contributed by atoms with Crippen LogP contribution in [0.1, 0.15) is 62.2 Å². The zero-order chi connectivity index (χ0) is 18.2. The minimum absolute atomic E-state index is 0.283. The predicted molar refractivity (Wildman–Crippen MR) is 95.5 cm³/mol. The minimum atomic E-state index is 0.283. The smallest absolute Gasteiger partial charge is 0.226 e. The highest BCUT2D eigenvalue weighted by Crippen LogP contribution is 2.10. The zero-order valence-electron chi connectivity index (χ0n) is 15.7. The summed E-state index contributed by atoms with van der Waals surface area (Å²) in [6.45, 7) is 11.9. The number of aliphatic imine (C=N–C) groups is 1. The Hall–Kier alpha value is -2.38. The second-order valence-corrected chi connectivity index (χ2v) is 6.18. The van der Waals surface area contributed by atoms with Gasteiger partial charge >= 0.3 is 0 Å². The van der Waals surface area contributed by atoms with Crippen molar-refractivity contribution < 1.29 is 8.94 Å². The van der Waals surface area contributed by atoms with E-state index < -0.39 is 0 Å². The number of rotatable bonds is 8. The van der Waals surface area contributed by atoms with E-state index in [-0.39, 0.29) is 5.92 Å². The number of nitrogens with zero attached hydrogens (tertiary/aromatic N) is 4. The van der Waals surface area contributed by atoms with Gasteiger partial charge in [-0.25, -0.2) is 9.98 Å². The summed E-state index contributed by atoms with van der Waals surface area (Å²) in [7, 11) is 0. The normalized spacial score (nSPS) is 12.0. The number of oxazole rings is 1. The topological polar surface area (TPSA) is 101 Å². The van der Waals surface area contributed by atoms with Gasteiger partial charge in [0.25, 0.3) is 0 Å². The minimum Gasteiger partial charge on any atom is -0.444 e. The molecule has 0 fully saturated rings. The fourth-order valence-electron chi connectivity index (χ4n) is 2.15. The van der Waals surface area contributed by atoms with E-state index in [0.717, 1.165) is 49.2 Å². The molecule has 2 aromatic heterocycles. The molecule has 25 heavy (non-hydrogen) atoms. The van der Waals surface area contributed by atoms with Gasteiger partial charge in [0.2, 0.25) is 11.8 Å². The van der Waals surface area contributed by atoms with Crippen LogP contribution in [0, 0.1) is 13.8 Å². The lowest BCUT2D eigenvalue weighted by Gasteiger charge is -2.10. The van der Waals surface area contributed by atoms with Crippen molar-refractivity contribution in [3.63, 3.8) is 0 Å². The Morgan fingerprint density at radius 3 is 2.56 bits per heavy atom. The van der Waals surface area contributed by atoms with Gasteiger partial charge in [0.05, 0.1) is 5.69 Å². The average Bonchev–Trinajstić information content (AvgIpc) is 3.16. The van der Waals surface area contributed by atoms with E-state index in [2.05, 4.69) is 30.8 Å². The van der Waals surface area contributed by atoms with E-state index >= 15 is 0 Å². The maximum Gasteiger partial charge on any atom is 0.226 e. The quantitative estimate of drug-likeness (QED) is 0.429. The predicted octanol–water partition coefficient (Wildman–Crippen LogP) is 2.49. The molecular formula is C17H28N6O2. The van der Waals surface area contributed by atoms with Crippen molar-refractivity contribution in [3.05, 3.63) is 29.1 Å². The van der Waals surface area contributed by atoms with E-state index in [1.54, 1.807) is 0 Å². The molecule has 2 aromatic rings. The Morgan fingerprint density at radius 1 is 1.16 bits per heavy atom. The fourth-order valence-corrected chi connectivity index (χ4v) is 2.15. The highest BCUT2D eigenvalue weighted by Gasteiger charge is 2.09. The van der Waals surface area contributed by atoms with Crippen LogP contribution in [0.3, 0.4) is 0 Å². The molecule has 8 heteroatoms.